The first-order chi connectivity index (χ1) is 14.2. The summed E-state index contributed by atoms with van der Waals surface area (Å²) in [4.78, 5) is 5.91. The van der Waals surface area contributed by atoms with Crippen LogP contribution in [-0.4, -0.2) is 43.4 Å². The van der Waals surface area contributed by atoms with E-state index in [9.17, 15) is 0 Å². The van der Waals surface area contributed by atoms with Gasteiger partial charge in [-0.05, 0) is 55.8 Å². The van der Waals surface area contributed by atoms with Crippen LogP contribution in [0.1, 0.15) is 13.3 Å². The van der Waals surface area contributed by atoms with E-state index < -0.39 is 0 Å². The average molecular weight is 412 g/mol. The molecule has 29 heavy (non-hydrogen) atoms. The van der Waals surface area contributed by atoms with Gasteiger partial charge in [-0.3, -0.25) is 4.40 Å². The van der Waals surface area contributed by atoms with Gasteiger partial charge in [-0.25, -0.2) is 4.98 Å². The first-order valence-corrected chi connectivity index (χ1v) is 10.5. The molecule has 0 saturated heterocycles. The first-order valence-electron chi connectivity index (χ1n) is 9.70. The summed E-state index contributed by atoms with van der Waals surface area (Å²) in [6, 6.07) is 14.2. The lowest BCUT2D eigenvalue weighted by atomic mass is 10.1. The number of thiazole rings is 1. The summed E-state index contributed by atoms with van der Waals surface area (Å²) < 4.78 is 19.5. The van der Waals surface area contributed by atoms with Crippen molar-refractivity contribution in [1.82, 2.24) is 9.38 Å². The maximum absolute atomic E-state index is 5.66. The summed E-state index contributed by atoms with van der Waals surface area (Å²) in [5.41, 5.74) is 3.11. The Morgan fingerprint density at radius 2 is 1.86 bits per heavy atom. The highest BCUT2D eigenvalue weighted by atomic mass is 32.1. The van der Waals surface area contributed by atoms with Crippen molar-refractivity contribution < 1.29 is 14.2 Å². The van der Waals surface area contributed by atoms with Gasteiger partial charge < -0.3 is 19.5 Å². The van der Waals surface area contributed by atoms with E-state index in [0.717, 1.165) is 63.3 Å². The van der Waals surface area contributed by atoms with Crippen LogP contribution < -0.4 is 14.8 Å². The number of rotatable bonds is 9. The summed E-state index contributed by atoms with van der Waals surface area (Å²) in [5.74, 6) is 2.71. The van der Waals surface area contributed by atoms with Crippen LogP contribution in [0.4, 0.5) is 5.82 Å². The van der Waals surface area contributed by atoms with Gasteiger partial charge in [0.05, 0.1) is 23.9 Å². The monoisotopic (exact) mass is 411 g/mol. The molecule has 0 unspecified atom stereocenters. The zero-order chi connectivity index (χ0) is 20.2. The second-order valence-electron chi connectivity index (χ2n) is 6.59. The van der Waals surface area contributed by atoms with Gasteiger partial charge in [-0.1, -0.05) is 11.3 Å². The van der Waals surface area contributed by atoms with Gasteiger partial charge in [0, 0.05) is 25.8 Å². The molecule has 2 aromatic carbocycles. The van der Waals surface area contributed by atoms with Crippen molar-refractivity contribution in [1.29, 1.82) is 0 Å². The Hall–Kier alpha value is -2.77. The summed E-state index contributed by atoms with van der Waals surface area (Å²) in [6.07, 6.45) is 0.919. The van der Waals surface area contributed by atoms with Crippen molar-refractivity contribution in [3.05, 3.63) is 42.5 Å². The lowest BCUT2D eigenvalue weighted by molar-refractivity contribution is 0.198. The van der Waals surface area contributed by atoms with Gasteiger partial charge in [0.2, 0.25) is 0 Å². The fraction of sp³-hybridized carbons (Fsp3) is 0.318. The summed E-state index contributed by atoms with van der Waals surface area (Å²) in [6.45, 7) is 4.17. The second-order valence-corrected chi connectivity index (χ2v) is 7.60. The molecule has 1 N–H and O–H groups in total. The Kier molecular flexibility index (Phi) is 5.87. The van der Waals surface area contributed by atoms with Crippen LogP contribution in [0.15, 0.2) is 42.5 Å². The minimum atomic E-state index is 0.655. The molecule has 152 valence electrons. The van der Waals surface area contributed by atoms with Crippen LogP contribution in [0.2, 0.25) is 0 Å². The van der Waals surface area contributed by atoms with Crippen molar-refractivity contribution >= 4 is 32.3 Å². The van der Waals surface area contributed by atoms with E-state index in [1.165, 1.54) is 0 Å². The number of fused-ring (bicyclic) bond motifs is 3. The Morgan fingerprint density at radius 1 is 1.07 bits per heavy atom. The highest BCUT2D eigenvalue weighted by Gasteiger charge is 2.18. The Labute approximate surface area is 174 Å². The minimum Gasteiger partial charge on any atom is -0.497 e. The van der Waals surface area contributed by atoms with E-state index in [2.05, 4.69) is 21.9 Å². The van der Waals surface area contributed by atoms with Crippen LogP contribution in [-0.2, 0) is 4.74 Å². The molecule has 0 radical (unpaired) electrons. The smallest absolute Gasteiger partial charge is 0.197 e. The molecule has 0 amide bonds. The van der Waals surface area contributed by atoms with Crippen molar-refractivity contribution in [3.8, 4) is 22.8 Å². The second kappa shape index (κ2) is 8.71. The maximum Gasteiger partial charge on any atom is 0.197 e. The number of benzene rings is 2. The normalized spacial score (nSPS) is 11.3. The maximum atomic E-state index is 5.66. The van der Waals surface area contributed by atoms with E-state index >= 15 is 0 Å². The van der Waals surface area contributed by atoms with Crippen LogP contribution in [0.25, 0.3) is 26.4 Å². The molecule has 0 saturated carbocycles. The van der Waals surface area contributed by atoms with E-state index in [-0.39, 0.29) is 0 Å². The number of anilines is 1. The molecule has 2 heterocycles. The standard InChI is InChI=1S/C22H25N3O3S/c1-4-28-17-10-11-18-19(14-17)29-22-24-20(15-6-8-16(27-3)9-7-15)21(25(18)22)23-12-5-13-26-2/h6-11,14,23H,4-5,12-13H2,1-3H3. The first kappa shape index (κ1) is 19.5. The van der Waals surface area contributed by atoms with Crippen molar-refractivity contribution in [2.45, 2.75) is 13.3 Å². The molecular formula is C22H25N3O3S. The molecule has 6 nitrogen and oxygen atoms in total. The largest absolute Gasteiger partial charge is 0.497 e. The van der Waals surface area contributed by atoms with Crippen molar-refractivity contribution in [2.75, 3.05) is 39.3 Å². The van der Waals surface area contributed by atoms with E-state index in [0.29, 0.717) is 6.61 Å². The topological polar surface area (TPSA) is 57.0 Å². The summed E-state index contributed by atoms with van der Waals surface area (Å²) >= 11 is 1.67. The van der Waals surface area contributed by atoms with Gasteiger partial charge >= 0.3 is 0 Å². The molecule has 7 heteroatoms. The number of hydrogen-bond donors (Lipinski definition) is 1. The van der Waals surface area contributed by atoms with Crippen LogP contribution in [0, 0.1) is 0 Å². The third-order valence-corrected chi connectivity index (χ3v) is 5.72. The van der Waals surface area contributed by atoms with Gasteiger partial charge in [0.25, 0.3) is 0 Å². The highest BCUT2D eigenvalue weighted by Crippen LogP contribution is 2.37. The van der Waals surface area contributed by atoms with E-state index in [4.69, 9.17) is 19.2 Å². The number of nitrogens with one attached hydrogen (secondary N) is 1. The molecule has 0 atom stereocenters. The Morgan fingerprint density at radius 3 is 2.59 bits per heavy atom. The van der Waals surface area contributed by atoms with Crippen molar-refractivity contribution in [2.24, 2.45) is 0 Å². The molecule has 0 fully saturated rings. The Bertz CT molecular complexity index is 1100. The van der Waals surface area contributed by atoms with Gasteiger partial charge in [-0.2, -0.15) is 0 Å². The summed E-state index contributed by atoms with van der Waals surface area (Å²) in [5, 5.41) is 3.58. The molecular weight excluding hydrogens is 386 g/mol. The molecule has 4 aromatic rings. The fourth-order valence-corrected chi connectivity index (χ4v) is 4.40. The molecule has 4 rings (SSSR count). The lowest BCUT2D eigenvalue weighted by Crippen LogP contribution is -2.07. The molecule has 2 aromatic heterocycles. The third kappa shape index (κ3) is 3.88. The molecule has 0 aliphatic rings. The fourth-order valence-electron chi connectivity index (χ4n) is 3.34. The zero-order valence-corrected chi connectivity index (χ0v) is 17.7. The SMILES string of the molecule is CCOc1ccc2c(c1)sc1nc(-c3ccc(OC)cc3)c(NCCCOC)n12. The van der Waals surface area contributed by atoms with Gasteiger partial charge in [0.1, 0.15) is 23.0 Å². The minimum absolute atomic E-state index is 0.655. The number of ether oxygens (including phenoxy) is 3. The number of nitrogens with zero attached hydrogens (tertiary/aromatic N) is 2. The lowest BCUT2D eigenvalue weighted by Gasteiger charge is -2.09. The molecule has 0 aliphatic heterocycles. The molecule has 0 spiro atoms. The van der Waals surface area contributed by atoms with Crippen LogP contribution in [0.5, 0.6) is 11.5 Å². The van der Waals surface area contributed by atoms with E-state index in [1.807, 2.05) is 37.3 Å². The summed E-state index contributed by atoms with van der Waals surface area (Å²) in [7, 11) is 3.40. The average Bonchev–Trinajstić information content (AvgIpc) is 3.27. The number of hydrogen-bond acceptors (Lipinski definition) is 6. The quantitative estimate of drug-likeness (QED) is 0.390. The van der Waals surface area contributed by atoms with E-state index in [1.54, 1.807) is 25.6 Å². The predicted molar refractivity (Wildman–Crippen MR) is 119 cm³/mol. The molecule has 0 bridgehead atoms. The van der Waals surface area contributed by atoms with Crippen molar-refractivity contribution in [3.63, 3.8) is 0 Å². The van der Waals surface area contributed by atoms with Gasteiger partial charge in [-0.15, -0.1) is 0 Å². The highest BCUT2D eigenvalue weighted by molar-refractivity contribution is 7.23. The van der Waals surface area contributed by atoms with Crippen LogP contribution >= 0.6 is 11.3 Å². The number of aromatic nitrogens is 2. The number of imidazole rings is 1. The molecule has 0 aliphatic carbocycles. The van der Waals surface area contributed by atoms with Gasteiger partial charge in [0.15, 0.2) is 4.96 Å². The zero-order valence-electron chi connectivity index (χ0n) is 16.9. The van der Waals surface area contributed by atoms with Crippen LogP contribution in [0.3, 0.4) is 0 Å². The predicted octanol–water partition coefficient (Wildman–Crippen LogP) is 5.07. The Balaban J connectivity index is 1.80. The number of methoxy groups -OCH3 is 2. The third-order valence-electron chi connectivity index (χ3n) is 4.71.